The SMILES string of the molecule is O=S(=O)(CC1CCC(c2[nH]ncc3cnc4nccc4c23)CC1)N1CCCC(CN2CCCC2)C1. The summed E-state index contributed by atoms with van der Waals surface area (Å²) < 4.78 is 28.5. The van der Waals surface area contributed by atoms with Gasteiger partial charge in [0.2, 0.25) is 10.0 Å². The number of pyridine rings is 1. The first-order chi connectivity index (χ1) is 17.1. The highest BCUT2D eigenvalue weighted by Gasteiger charge is 2.34. The van der Waals surface area contributed by atoms with Crippen LogP contribution < -0.4 is 0 Å². The molecule has 1 atom stereocenters. The number of piperidine rings is 1. The number of H-pyrrole nitrogens is 1. The standard InChI is InChI=1S/C26H36N6O2S/c33-35(34,32-13-3-4-20(17-32)16-31-11-1-2-12-31)18-19-5-7-21(8-6-19)25-24-22(15-29-30-25)14-28-26-23(24)9-10-27-26/h9-10,14-15,19-21,30H,1-8,11-13,16-18H2. The van der Waals surface area contributed by atoms with Crippen molar-refractivity contribution < 1.29 is 8.42 Å². The second-order valence-corrected chi connectivity index (χ2v) is 12.9. The van der Waals surface area contributed by atoms with Crippen LogP contribution in [0.5, 0.6) is 0 Å². The van der Waals surface area contributed by atoms with E-state index in [-0.39, 0.29) is 5.92 Å². The predicted molar refractivity (Wildman–Crippen MR) is 138 cm³/mol. The van der Waals surface area contributed by atoms with Gasteiger partial charge in [-0.3, -0.25) is 5.10 Å². The van der Waals surface area contributed by atoms with Crippen LogP contribution in [-0.4, -0.2) is 76.3 Å². The number of aromatic nitrogens is 4. The summed E-state index contributed by atoms with van der Waals surface area (Å²) in [5, 5.41) is 10.9. The molecule has 1 saturated carbocycles. The topological polar surface area (TPSA) is 95.1 Å². The van der Waals surface area contributed by atoms with Gasteiger partial charge in [0.15, 0.2) is 5.65 Å². The normalized spacial score (nSPS) is 27.1. The lowest BCUT2D eigenvalue weighted by molar-refractivity contribution is 0.199. The summed E-state index contributed by atoms with van der Waals surface area (Å²) in [5.74, 6) is 1.37. The van der Waals surface area contributed by atoms with Gasteiger partial charge in [0, 0.05) is 59.8 Å². The van der Waals surface area contributed by atoms with Gasteiger partial charge >= 0.3 is 0 Å². The molecule has 1 aliphatic carbocycles. The van der Waals surface area contributed by atoms with Crippen LogP contribution in [0.3, 0.4) is 0 Å². The van der Waals surface area contributed by atoms with Crippen molar-refractivity contribution in [3.63, 3.8) is 0 Å². The number of likely N-dealkylation sites (tertiary alicyclic amines) is 1. The summed E-state index contributed by atoms with van der Waals surface area (Å²) >= 11 is 0. The highest BCUT2D eigenvalue weighted by Crippen LogP contribution is 2.39. The van der Waals surface area contributed by atoms with Crippen LogP contribution in [0.25, 0.3) is 21.8 Å². The van der Waals surface area contributed by atoms with E-state index in [4.69, 9.17) is 0 Å². The number of nitrogens with one attached hydrogen (secondary N) is 1. The lowest BCUT2D eigenvalue weighted by Crippen LogP contribution is -2.45. The van der Waals surface area contributed by atoms with Crippen LogP contribution in [-0.2, 0) is 10.0 Å². The van der Waals surface area contributed by atoms with Crippen molar-refractivity contribution in [1.82, 2.24) is 29.4 Å². The molecule has 3 aromatic rings. The third-order valence-corrected chi connectivity index (χ3v) is 10.5. The van der Waals surface area contributed by atoms with Gasteiger partial charge in [-0.1, -0.05) is 0 Å². The Bertz CT molecular complexity index is 1280. The minimum absolute atomic E-state index is 0.237. The molecular weight excluding hydrogens is 460 g/mol. The molecule has 2 saturated heterocycles. The zero-order valence-corrected chi connectivity index (χ0v) is 21.2. The van der Waals surface area contributed by atoms with Gasteiger partial charge in [-0.25, -0.2) is 22.7 Å². The van der Waals surface area contributed by atoms with E-state index in [0.29, 0.717) is 30.7 Å². The molecule has 2 aliphatic heterocycles. The van der Waals surface area contributed by atoms with Crippen molar-refractivity contribution in [2.45, 2.75) is 57.3 Å². The number of aromatic amines is 1. The molecular formula is C26H36N6O2S. The first-order valence-electron chi connectivity index (χ1n) is 13.3. The molecule has 1 N–H and O–H groups in total. The fourth-order valence-corrected chi connectivity index (χ4v) is 8.66. The molecule has 6 rings (SSSR count). The molecule has 9 heteroatoms. The molecule has 0 aromatic carbocycles. The van der Waals surface area contributed by atoms with E-state index < -0.39 is 10.0 Å². The molecule has 3 aromatic heterocycles. The van der Waals surface area contributed by atoms with Crippen molar-refractivity contribution in [2.24, 2.45) is 11.8 Å². The molecule has 0 spiro atoms. The Morgan fingerprint density at radius 3 is 2.60 bits per heavy atom. The number of rotatable bonds is 6. The fraction of sp³-hybridized carbons (Fsp3) is 0.654. The number of hydrogen-bond donors (Lipinski definition) is 1. The van der Waals surface area contributed by atoms with Crippen molar-refractivity contribution in [3.8, 4) is 0 Å². The fourth-order valence-electron chi connectivity index (χ4n) is 6.68. The third-order valence-electron chi connectivity index (χ3n) is 8.51. The average molecular weight is 497 g/mol. The first-order valence-corrected chi connectivity index (χ1v) is 14.9. The van der Waals surface area contributed by atoms with Gasteiger partial charge in [-0.15, -0.1) is 0 Å². The monoisotopic (exact) mass is 496 g/mol. The van der Waals surface area contributed by atoms with Crippen LogP contribution in [0, 0.1) is 11.8 Å². The van der Waals surface area contributed by atoms with Crippen molar-refractivity contribution in [1.29, 1.82) is 0 Å². The second-order valence-electron chi connectivity index (χ2n) is 10.9. The van der Waals surface area contributed by atoms with E-state index in [9.17, 15) is 8.42 Å². The Kier molecular flexibility index (Phi) is 6.49. The molecule has 5 heterocycles. The highest BCUT2D eigenvalue weighted by atomic mass is 32.2. The molecule has 0 amide bonds. The molecule has 1 unspecified atom stereocenters. The average Bonchev–Trinajstić information content (AvgIpc) is 3.56. The molecule has 8 nitrogen and oxygen atoms in total. The van der Waals surface area contributed by atoms with Crippen molar-refractivity contribution >= 4 is 31.8 Å². The summed E-state index contributed by atoms with van der Waals surface area (Å²) in [7, 11) is -3.21. The Morgan fingerprint density at radius 2 is 1.77 bits per heavy atom. The molecule has 0 radical (unpaired) electrons. The third kappa shape index (κ3) is 4.82. The van der Waals surface area contributed by atoms with Gasteiger partial charge in [0.05, 0.1) is 11.9 Å². The van der Waals surface area contributed by atoms with Crippen LogP contribution >= 0.6 is 0 Å². The Morgan fingerprint density at radius 1 is 0.943 bits per heavy atom. The van der Waals surface area contributed by atoms with E-state index in [1.54, 1.807) is 6.20 Å². The largest absolute Gasteiger partial charge is 0.303 e. The lowest BCUT2D eigenvalue weighted by Gasteiger charge is -2.35. The van der Waals surface area contributed by atoms with Gasteiger partial charge in [-0.05, 0) is 82.4 Å². The smallest absolute Gasteiger partial charge is 0.214 e. The highest BCUT2D eigenvalue weighted by molar-refractivity contribution is 7.89. The first kappa shape index (κ1) is 23.3. The van der Waals surface area contributed by atoms with E-state index in [1.165, 1.54) is 25.9 Å². The summed E-state index contributed by atoms with van der Waals surface area (Å²) in [6.07, 6.45) is 14.0. The van der Waals surface area contributed by atoms with Gasteiger partial charge in [-0.2, -0.15) is 5.10 Å². The van der Waals surface area contributed by atoms with Gasteiger partial charge in [0.1, 0.15) is 0 Å². The summed E-state index contributed by atoms with van der Waals surface area (Å²) in [5.41, 5.74) is 1.91. The minimum atomic E-state index is -3.21. The summed E-state index contributed by atoms with van der Waals surface area (Å²) in [6.45, 7) is 4.83. The van der Waals surface area contributed by atoms with Crippen LogP contribution in [0.2, 0.25) is 0 Å². The molecule has 35 heavy (non-hydrogen) atoms. The Labute approximate surface area is 207 Å². The Balaban J connectivity index is 1.10. The maximum atomic E-state index is 13.4. The molecule has 188 valence electrons. The quantitative estimate of drug-likeness (QED) is 0.556. The van der Waals surface area contributed by atoms with Crippen molar-refractivity contribution in [3.05, 3.63) is 30.4 Å². The summed E-state index contributed by atoms with van der Waals surface area (Å²) in [6, 6.07) is 2.02. The van der Waals surface area contributed by atoms with E-state index in [2.05, 4.69) is 25.1 Å². The lowest BCUT2D eigenvalue weighted by atomic mass is 9.80. The maximum absolute atomic E-state index is 13.4. The predicted octanol–water partition coefficient (Wildman–Crippen LogP) is 3.92. The molecule has 3 fully saturated rings. The zero-order valence-electron chi connectivity index (χ0n) is 20.4. The van der Waals surface area contributed by atoms with Crippen LogP contribution in [0.1, 0.15) is 63.0 Å². The number of sulfonamides is 1. The van der Waals surface area contributed by atoms with E-state index in [0.717, 1.165) is 72.6 Å². The number of hydrogen-bond acceptors (Lipinski definition) is 6. The zero-order chi connectivity index (χ0) is 23.8. The Hall–Kier alpha value is -2.10. The maximum Gasteiger partial charge on any atom is 0.214 e. The van der Waals surface area contributed by atoms with E-state index in [1.807, 2.05) is 22.8 Å². The van der Waals surface area contributed by atoms with Crippen molar-refractivity contribution in [2.75, 3.05) is 38.5 Å². The number of fused-ring (bicyclic) bond motifs is 3. The minimum Gasteiger partial charge on any atom is -0.303 e. The van der Waals surface area contributed by atoms with Gasteiger partial charge < -0.3 is 4.90 Å². The molecule has 0 bridgehead atoms. The molecule has 3 aliphatic rings. The van der Waals surface area contributed by atoms with E-state index >= 15 is 0 Å². The number of nitrogens with zero attached hydrogens (tertiary/aromatic N) is 5. The van der Waals surface area contributed by atoms with Gasteiger partial charge in [0.25, 0.3) is 0 Å². The van der Waals surface area contributed by atoms with Crippen LogP contribution in [0.15, 0.2) is 24.7 Å². The summed E-state index contributed by atoms with van der Waals surface area (Å²) in [4.78, 5) is 11.3. The second kappa shape index (κ2) is 9.75. The van der Waals surface area contributed by atoms with Crippen LogP contribution in [0.4, 0.5) is 0 Å².